The fourth-order valence-electron chi connectivity index (χ4n) is 3.81. The maximum absolute atomic E-state index is 11.8. The Balaban J connectivity index is 1.29. The van der Waals surface area contributed by atoms with Crippen molar-refractivity contribution < 1.29 is 9.59 Å². The lowest BCUT2D eigenvalue weighted by molar-refractivity contribution is -0.119. The molecule has 2 aliphatic heterocycles. The Morgan fingerprint density at radius 3 is 2.69 bits per heavy atom. The molecule has 4 heterocycles. The molecular weight excluding hydrogens is 384 g/mol. The molecule has 0 radical (unpaired) electrons. The number of aromatic nitrogens is 3. The van der Waals surface area contributed by atoms with Crippen molar-refractivity contribution in [3.63, 3.8) is 0 Å². The van der Waals surface area contributed by atoms with Gasteiger partial charge in [-0.25, -0.2) is 9.97 Å². The van der Waals surface area contributed by atoms with Crippen molar-refractivity contribution in [2.75, 3.05) is 18.0 Å². The second-order valence-electron chi connectivity index (χ2n) is 7.51. The van der Waals surface area contributed by atoms with Gasteiger partial charge in [0, 0.05) is 31.2 Å². The van der Waals surface area contributed by atoms with E-state index in [0.29, 0.717) is 16.5 Å². The van der Waals surface area contributed by atoms with Gasteiger partial charge < -0.3 is 4.90 Å². The van der Waals surface area contributed by atoms with Crippen molar-refractivity contribution >= 4 is 34.7 Å². The molecule has 0 amide bonds. The Hall–Kier alpha value is -2.54. The van der Waals surface area contributed by atoms with E-state index in [0.717, 1.165) is 50.0 Å². The van der Waals surface area contributed by atoms with E-state index >= 15 is 0 Å². The highest BCUT2D eigenvalue weighted by Gasteiger charge is 2.26. The summed E-state index contributed by atoms with van der Waals surface area (Å²) in [5.74, 6) is 1.32. The van der Waals surface area contributed by atoms with Crippen LogP contribution in [0.1, 0.15) is 43.5 Å². The molecule has 6 nitrogen and oxygen atoms in total. The Labute approximate surface area is 174 Å². The van der Waals surface area contributed by atoms with Crippen LogP contribution in [0.2, 0.25) is 0 Å². The third kappa shape index (κ3) is 5.29. The fraction of sp³-hybridized carbons (Fsp3) is 0.409. The molecule has 0 aliphatic carbocycles. The van der Waals surface area contributed by atoms with Crippen LogP contribution in [0.15, 0.2) is 41.6 Å². The van der Waals surface area contributed by atoms with Crippen LogP contribution in [0.5, 0.6) is 0 Å². The summed E-state index contributed by atoms with van der Waals surface area (Å²) in [5, 5.41) is -0.0966. The summed E-state index contributed by atoms with van der Waals surface area (Å²) in [7, 11) is 0. The van der Waals surface area contributed by atoms with E-state index in [1.165, 1.54) is 18.5 Å². The molecule has 7 heteroatoms. The number of thioether (sulfide) groups is 1. The zero-order valence-corrected chi connectivity index (χ0v) is 17.1. The molecule has 150 valence electrons. The van der Waals surface area contributed by atoms with Crippen molar-refractivity contribution in [3.05, 3.63) is 53.0 Å². The van der Waals surface area contributed by atoms with Gasteiger partial charge >= 0.3 is 0 Å². The molecule has 2 fully saturated rings. The average molecular weight is 409 g/mol. The Bertz CT molecular complexity index is 908. The summed E-state index contributed by atoms with van der Waals surface area (Å²) >= 11 is 1.01. The number of Topliss-reactive ketones (excluding diaryl/α,β-unsaturated/α-hetero) is 1. The lowest BCUT2D eigenvalue weighted by Crippen LogP contribution is -2.35. The molecule has 0 N–H and O–H groups in total. The van der Waals surface area contributed by atoms with E-state index in [4.69, 9.17) is 0 Å². The summed E-state index contributed by atoms with van der Waals surface area (Å²) < 4.78 is 0. The second kappa shape index (κ2) is 9.31. The lowest BCUT2D eigenvalue weighted by Gasteiger charge is -2.32. The van der Waals surface area contributed by atoms with Gasteiger partial charge in [0.2, 0.25) is 11.1 Å². The van der Waals surface area contributed by atoms with Crippen LogP contribution in [-0.4, -0.2) is 38.9 Å². The number of pyridine rings is 1. The quantitative estimate of drug-likeness (QED) is 0.533. The number of hydrogen-bond donors (Lipinski definition) is 0. The average Bonchev–Trinajstić information content (AvgIpc) is 3.06. The number of hydrogen-bond acceptors (Lipinski definition) is 7. The number of piperidine rings is 1. The monoisotopic (exact) mass is 408 g/mol. The molecule has 2 saturated heterocycles. The van der Waals surface area contributed by atoms with Gasteiger partial charge in [0.1, 0.15) is 0 Å². The van der Waals surface area contributed by atoms with E-state index in [1.54, 1.807) is 18.3 Å². The summed E-state index contributed by atoms with van der Waals surface area (Å²) in [6, 6.07) is 7.87. The number of carbonyl (C=O) groups excluding carboxylic acids is 2. The van der Waals surface area contributed by atoms with Gasteiger partial charge in [0.15, 0.2) is 5.78 Å². The van der Waals surface area contributed by atoms with Gasteiger partial charge in [-0.05, 0) is 74.1 Å². The minimum atomic E-state index is -0.119. The Morgan fingerprint density at radius 1 is 1.10 bits per heavy atom. The van der Waals surface area contributed by atoms with Crippen LogP contribution in [0.25, 0.3) is 6.08 Å². The number of aryl methyl sites for hydroxylation is 1. The molecule has 2 aromatic rings. The maximum Gasteiger partial charge on any atom is 0.225 e. The Kier molecular flexibility index (Phi) is 6.34. The zero-order valence-electron chi connectivity index (χ0n) is 16.3. The molecule has 0 bridgehead atoms. The number of rotatable bonds is 6. The molecule has 0 spiro atoms. The summed E-state index contributed by atoms with van der Waals surface area (Å²) in [4.78, 5) is 39.3. The first kappa shape index (κ1) is 19.8. The topological polar surface area (TPSA) is 76.1 Å². The van der Waals surface area contributed by atoms with Crippen LogP contribution >= 0.6 is 11.8 Å². The van der Waals surface area contributed by atoms with Gasteiger partial charge in [0.25, 0.3) is 0 Å². The molecule has 0 saturated carbocycles. The van der Waals surface area contributed by atoms with Crippen molar-refractivity contribution in [1.29, 1.82) is 0 Å². The second-order valence-corrected chi connectivity index (χ2v) is 8.61. The van der Waals surface area contributed by atoms with Gasteiger partial charge in [0.05, 0.1) is 17.0 Å². The highest BCUT2D eigenvalue weighted by molar-refractivity contribution is 8.18. The first-order valence-electron chi connectivity index (χ1n) is 10.1. The standard InChI is InChI=1S/C22H24N4O2S/c27-19-15-21(28)29-20(19)14-18-7-11-24-22(25-18)26-12-8-16(9-13-26)4-3-6-17-5-1-2-10-23-17/h1-2,5,7,10-11,14,16H,3-4,6,8-9,12-13,15H2/b20-14-. The number of anilines is 1. The first-order chi connectivity index (χ1) is 14.2. The van der Waals surface area contributed by atoms with Crippen LogP contribution in [0.3, 0.4) is 0 Å². The summed E-state index contributed by atoms with van der Waals surface area (Å²) in [6.45, 7) is 1.89. The maximum atomic E-state index is 11.8. The first-order valence-corrected chi connectivity index (χ1v) is 10.9. The molecular formula is C22H24N4O2S. The van der Waals surface area contributed by atoms with Crippen molar-refractivity contribution in [2.45, 2.75) is 38.5 Å². The van der Waals surface area contributed by atoms with Gasteiger partial charge in [-0.2, -0.15) is 0 Å². The summed E-state index contributed by atoms with van der Waals surface area (Å²) in [5.41, 5.74) is 1.85. The highest BCUT2D eigenvalue weighted by Crippen LogP contribution is 2.30. The molecule has 29 heavy (non-hydrogen) atoms. The highest BCUT2D eigenvalue weighted by atomic mass is 32.2. The van der Waals surface area contributed by atoms with E-state index in [1.807, 2.05) is 18.3 Å². The van der Waals surface area contributed by atoms with Crippen LogP contribution < -0.4 is 4.90 Å². The molecule has 4 rings (SSSR count). The third-order valence-electron chi connectivity index (χ3n) is 5.42. The number of ketones is 1. The summed E-state index contributed by atoms with van der Waals surface area (Å²) in [6.07, 6.45) is 11.0. The van der Waals surface area contributed by atoms with Crippen molar-refractivity contribution in [3.8, 4) is 0 Å². The molecule has 2 aliphatic rings. The SMILES string of the molecule is O=C1CC(=O)/C(=C/c2ccnc(N3CCC(CCCc4ccccn4)CC3)n2)S1. The van der Waals surface area contributed by atoms with E-state index in [2.05, 4.69) is 25.9 Å². The van der Waals surface area contributed by atoms with Gasteiger partial charge in [-0.1, -0.05) is 6.07 Å². The number of carbonyl (C=O) groups is 2. The minimum absolute atomic E-state index is 0.0116. The van der Waals surface area contributed by atoms with Gasteiger partial charge in [-0.3, -0.25) is 14.6 Å². The smallest absolute Gasteiger partial charge is 0.225 e. The lowest BCUT2D eigenvalue weighted by atomic mass is 9.91. The fourth-order valence-corrected chi connectivity index (χ4v) is 4.63. The number of nitrogens with zero attached hydrogens (tertiary/aromatic N) is 4. The van der Waals surface area contributed by atoms with Crippen LogP contribution in [0.4, 0.5) is 5.95 Å². The van der Waals surface area contributed by atoms with E-state index in [9.17, 15) is 9.59 Å². The van der Waals surface area contributed by atoms with Crippen molar-refractivity contribution in [1.82, 2.24) is 15.0 Å². The largest absolute Gasteiger partial charge is 0.341 e. The van der Waals surface area contributed by atoms with Crippen LogP contribution in [-0.2, 0) is 16.0 Å². The predicted molar refractivity (Wildman–Crippen MR) is 114 cm³/mol. The minimum Gasteiger partial charge on any atom is -0.341 e. The van der Waals surface area contributed by atoms with Crippen molar-refractivity contribution in [2.24, 2.45) is 5.92 Å². The predicted octanol–water partition coefficient (Wildman–Crippen LogP) is 3.68. The molecule has 0 unspecified atom stereocenters. The van der Waals surface area contributed by atoms with Crippen LogP contribution in [0, 0.1) is 5.92 Å². The Morgan fingerprint density at radius 2 is 1.97 bits per heavy atom. The molecule has 2 aromatic heterocycles. The van der Waals surface area contributed by atoms with E-state index in [-0.39, 0.29) is 17.3 Å². The zero-order chi connectivity index (χ0) is 20.1. The molecule has 0 aromatic carbocycles. The van der Waals surface area contributed by atoms with Gasteiger partial charge in [-0.15, -0.1) is 0 Å². The van der Waals surface area contributed by atoms with E-state index < -0.39 is 0 Å². The normalized spacial score (nSPS) is 19.3. The molecule has 0 atom stereocenters. The number of allylic oxidation sites excluding steroid dienone is 1. The third-order valence-corrected chi connectivity index (χ3v) is 6.35.